The van der Waals surface area contributed by atoms with Crippen molar-refractivity contribution in [1.29, 1.82) is 0 Å². The monoisotopic (exact) mass is 387 g/mol. The van der Waals surface area contributed by atoms with Gasteiger partial charge < -0.3 is 5.73 Å². The van der Waals surface area contributed by atoms with Crippen molar-refractivity contribution in [3.05, 3.63) is 52.4 Å². The molecule has 0 amide bonds. The topological polar surface area (TPSA) is 73.9 Å². The second-order valence-corrected chi connectivity index (χ2v) is 6.76. The third-order valence-electron chi connectivity index (χ3n) is 3.16. The molecule has 130 valence electrons. The van der Waals surface area contributed by atoms with Gasteiger partial charge in [-0.2, -0.15) is 18.2 Å². The van der Waals surface area contributed by atoms with Gasteiger partial charge >= 0.3 is 11.3 Å². The van der Waals surface area contributed by atoms with Gasteiger partial charge in [0.15, 0.2) is 0 Å². The Balaban J connectivity index is 2.06. The van der Waals surface area contributed by atoms with Crippen LogP contribution in [0.2, 0.25) is 5.28 Å². The number of aryl methyl sites for hydroxylation is 1. The van der Waals surface area contributed by atoms with Crippen LogP contribution in [-0.4, -0.2) is 15.0 Å². The Morgan fingerprint density at radius 2 is 1.96 bits per heavy atom. The van der Waals surface area contributed by atoms with E-state index in [1.165, 1.54) is 24.4 Å². The Labute approximate surface area is 148 Å². The van der Waals surface area contributed by atoms with Crippen LogP contribution in [-0.2, 0) is 6.18 Å². The van der Waals surface area contributed by atoms with Gasteiger partial charge in [-0.3, -0.25) is 4.18 Å². The summed E-state index contributed by atoms with van der Waals surface area (Å²) in [6, 6.07) is 5.12. The van der Waals surface area contributed by atoms with Crippen molar-refractivity contribution < 1.29 is 17.4 Å². The van der Waals surface area contributed by atoms with Crippen LogP contribution in [0.4, 0.5) is 18.3 Å². The second kappa shape index (κ2) is 6.49. The number of hydrogen-bond acceptors (Lipinski definition) is 5. The molecule has 0 aliphatic carbocycles. The average molecular weight is 388 g/mol. The van der Waals surface area contributed by atoms with Gasteiger partial charge in [0.25, 0.3) is 0 Å². The third-order valence-corrected chi connectivity index (χ3v) is 4.76. The van der Waals surface area contributed by atoms with Crippen molar-refractivity contribution in [1.82, 2.24) is 15.0 Å². The lowest BCUT2D eigenvalue weighted by atomic mass is 10.1. The van der Waals surface area contributed by atoms with E-state index in [0.29, 0.717) is 5.69 Å². The van der Waals surface area contributed by atoms with Crippen LogP contribution in [0.15, 0.2) is 35.8 Å². The van der Waals surface area contributed by atoms with Gasteiger partial charge in [-0.1, -0.05) is 0 Å². The highest BCUT2D eigenvalue weighted by atomic mass is 35.5. The van der Waals surface area contributed by atoms with Crippen LogP contribution in [0, 0.1) is 6.92 Å². The van der Waals surface area contributed by atoms with Crippen LogP contribution in [0.5, 0.6) is 5.75 Å². The number of hydrogen-bond donors (Lipinski definition) is 1. The highest BCUT2D eigenvalue weighted by Crippen LogP contribution is 2.41. The van der Waals surface area contributed by atoms with Crippen molar-refractivity contribution in [2.75, 3.05) is 5.73 Å². The molecule has 1 unspecified atom stereocenters. The lowest BCUT2D eigenvalue weighted by Crippen LogP contribution is -2.07. The summed E-state index contributed by atoms with van der Waals surface area (Å²) in [5.74, 6) is -0.330. The van der Waals surface area contributed by atoms with E-state index in [2.05, 4.69) is 15.0 Å². The molecule has 2 heterocycles. The van der Waals surface area contributed by atoms with Crippen molar-refractivity contribution in [2.24, 2.45) is 0 Å². The number of nitrogen functional groups attached to an aromatic ring is 1. The zero-order valence-electron chi connectivity index (χ0n) is 12.7. The molecule has 0 saturated heterocycles. The van der Waals surface area contributed by atoms with E-state index in [1.54, 1.807) is 12.3 Å². The van der Waals surface area contributed by atoms with Gasteiger partial charge in [0.1, 0.15) is 11.3 Å². The molecule has 0 spiro atoms. The van der Waals surface area contributed by atoms with Gasteiger partial charge in [0.2, 0.25) is 27.2 Å². The Morgan fingerprint density at radius 3 is 2.56 bits per heavy atom. The van der Waals surface area contributed by atoms with Crippen LogP contribution in [0.3, 0.4) is 0 Å². The number of anilines is 1. The summed E-state index contributed by atoms with van der Waals surface area (Å²) in [7, 11) is -1.13. The number of halogens is 4. The molecule has 1 atom stereocenters. The van der Waals surface area contributed by atoms with E-state index < -0.39 is 22.5 Å². The number of thiazole rings is 1. The fourth-order valence-corrected chi connectivity index (χ4v) is 3.44. The summed E-state index contributed by atoms with van der Waals surface area (Å²) in [6.07, 6.45) is -3.25. The fraction of sp³-hybridized carbons (Fsp3) is 0.133. The number of aromatic nitrogens is 3. The normalized spacial score (nSPS) is 12.3. The first-order valence-electron chi connectivity index (χ1n) is 6.88. The van der Waals surface area contributed by atoms with Crippen molar-refractivity contribution in [3.63, 3.8) is 0 Å². The lowest BCUT2D eigenvalue weighted by Gasteiger charge is -2.11. The number of benzene rings is 1. The molecule has 5 nitrogen and oxygen atoms in total. The molecule has 2 N–H and O–H groups in total. The van der Waals surface area contributed by atoms with E-state index in [1.807, 2.05) is 0 Å². The maximum Gasteiger partial charge on any atom is 0.420 e. The van der Waals surface area contributed by atoms with E-state index in [4.69, 9.17) is 21.5 Å². The number of nitrogens with zero attached hydrogens (tertiary/aromatic N) is 3. The van der Waals surface area contributed by atoms with Crippen LogP contribution in [0.1, 0.15) is 11.3 Å². The standard InChI is InChI=1S/C15H11ClF3N4OS/c1-8-7-25(14(20)22-8)24-12-3-2-9(6-10(12)15(17,18)19)11-4-5-21-13(16)23-11/h2-7H,1H3,(H2,20,22)/q+1. The van der Waals surface area contributed by atoms with E-state index in [-0.39, 0.29) is 27.4 Å². The predicted octanol–water partition coefficient (Wildman–Crippen LogP) is 4.69. The molecule has 10 heteroatoms. The van der Waals surface area contributed by atoms with Crippen molar-refractivity contribution >= 4 is 27.5 Å². The molecule has 0 fully saturated rings. The van der Waals surface area contributed by atoms with Crippen LogP contribution < -0.4 is 9.92 Å². The fourth-order valence-electron chi connectivity index (χ4n) is 2.10. The van der Waals surface area contributed by atoms with Gasteiger partial charge in [0.05, 0.1) is 5.69 Å². The minimum absolute atomic E-state index is 0.0524. The minimum Gasteiger partial charge on any atom is -0.335 e. The maximum absolute atomic E-state index is 13.5. The zero-order valence-corrected chi connectivity index (χ0v) is 14.3. The summed E-state index contributed by atoms with van der Waals surface area (Å²) >= 11 is 5.70. The zero-order chi connectivity index (χ0) is 18.2. The van der Waals surface area contributed by atoms with Crippen LogP contribution in [0.25, 0.3) is 11.3 Å². The van der Waals surface area contributed by atoms with E-state index in [9.17, 15) is 13.2 Å². The predicted molar refractivity (Wildman–Crippen MR) is 89.4 cm³/mol. The summed E-state index contributed by atoms with van der Waals surface area (Å²) in [5, 5.41) is 1.66. The molecular weight excluding hydrogens is 377 g/mol. The third kappa shape index (κ3) is 3.83. The smallest absolute Gasteiger partial charge is 0.335 e. The Morgan fingerprint density at radius 1 is 1.20 bits per heavy atom. The van der Waals surface area contributed by atoms with E-state index in [0.717, 1.165) is 6.07 Å². The first-order chi connectivity index (χ1) is 11.7. The Kier molecular flexibility index (Phi) is 4.53. The van der Waals surface area contributed by atoms with E-state index >= 15 is 0 Å². The summed E-state index contributed by atoms with van der Waals surface area (Å²) in [6.45, 7) is 1.69. The largest absolute Gasteiger partial charge is 0.420 e. The number of nitrogens with two attached hydrogens (primary N) is 1. The van der Waals surface area contributed by atoms with Gasteiger partial charge in [0, 0.05) is 11.8 Å². The molecule has 0 bridgehead atoms. The van der Waals surface area contributed by atoms with Gasteiger partial charge in [-0.15, -0.1) is 0 Å². The molecular formula is C15H11ClF3N4OS+. The first-order valence-corrected chi connectivity index (χ1v) is 8.47. The minimum atomic E-state index is -4.62. The van der Waals surface area contributed by atoms with Gasteiger partial charge in [-0.25, -0.2) is 9.97 Å². The molecule has 0 saturated carbocycles. The average Bonchev–Trinajstić information content (AvgIpc) is 2.84. The number of alkyl halides is 3. The molecule has 25 heavy (non-hydrogen) atoms. The summed E-state index contributed by atoms with van der Waals surface area (Å²) in [4.78, 5) is 11.6. The highest BCUT2D eigenvalue weighted by Gasteiger charge is 2.37. The molecule has 3 aromatic rings. The maximum atomic E-state index is 13.5. The molecule has 1 aromatic carbocycles. The Hall–Kier alpha value is -2.39. The quantitative estimate of drug-likeness (QED) is 0.521. The SMILES string of the molecule is Cc1c[s+](Oc2ccc(-c3ccnc(Cl)n3)cc2C(F)(F)F)c(N)n1. The van der Waals surface area contributed by atoms with Gasteiger partial charge in [-0.05, 0) is 42.8 Å². The second-order valence-electron chi connectivity index (χ2n) is 5.01. The van der Waals surface area contributed by atoms with Crippen molar-refractivity contribution in [2.45, 2.75) is 13.1 Å². The molecule has 0 aliphatic heterocycles. The summed E-state index contributed by atoms with van der Waals surface area (Å²) < 4.78 is 45.8. The highest BCUT2D eigenvalue weighted by molar-refractivity contribution is 7.28. The number of rotatable bonds is 3. The van der Waals surface area contributed by atoms with Crippen molar-refractivity contribution in [3.8, 4) is 17.0 Å². The molecule has 3 rings (SSSR count). The Bertz CT molecular complexity index is 929. The van der Waals surface area contributed by atoms with Crippen LogP contribution >= 0.6 is 22.4 Å². The first kappa shape index (κ1) is 17.4. The summed E-state index contributed by atoms with van der Waals surface area (Å²) in [5.41, 5.74) is 5.87. The lowest BCUT2D eigenvalue weighted by molar-refractivity contribution is -0.138. The molecule has 2 aromatic heterocycles. The molecule has 0 radical (unpaired) electrons. The molecule has 0 aliphatic rings.